The van der Waals surface area contributed by atoms with Gasteiger partial charge in [0.25, 0.3) is 0 Å². The topological polar surface area (TPSA) is 83.6 Å². The van der Waals surface area contributed by atoms with E-state index in [9.17, 15) is 22.4 Å². The number of benzene rings is 1. The van der Waals surface area contributed by atoms with Crippen molar-refractivity contribution >= 4 is 27.3 Å². The lowest BCUT2D eigenvalue weighted by Crippen LogP contribution is -2.35. The van der Waals surface area contributed by atoms with Crippen molar-refractivity contribution in [3.05, 3.63) is 30.1 Å². The summed E-state index contributed by atoms with van der Waals surface area (Å²) in [6, 6.07) is 5.47. The van der Waals surface area contributed by atoms with Crippen molar-refractivity contribution in [2.75, 3.05) is 30.4 Å². The summed E-state index contributed by atoms with van der Waals surface area (Å²) >= 11 is 0. The van der Waals surface area contributed by atoms with Gasteiger partial charge in [0.05, 0.1) is 18.1 Å². The SMILES string of the molecule is CN(CC(=O)Nc1cccc(F)c1)C(=O)C[C@@H]1CCS(=O)(=O)C1. The van der Waals surface area contributed by atoms with E-state index >= 15 is 0 Å². The fourth-order valence-electron chi connectivity index (χ4n) is 2.51. The Bertz CT molecular complexity index is 705. The molecule has 0 bridgehead atoms. The lowest BCUT2D eigenvalue weighted by molar-refractivity contribution is -0.134. The normalized spacial score (nSPS) is 19.3. The van der Waals surface area contributed by atoms with E-state index in [0.717, 1.165) is 0 Å². The van der Waals surface area contributed by atoms with Crippen LogP contribution in [0.4, 0.5) is 10.1 Å². The molecule has 0 radical (unpaired) electrons. The van der Waals surface area contributed by atoms with Gasteiger partial charge in [-0.3, -0.25) is 9.59 Å². The molecule has 1 aliphatic heterocycles. The van der Waals surface area contributed by atoms with Gasteiger partial charge in [-0.05, 0) is 30.5 Å². The summed E-state index contributed by atoms with van der Waals surface area (Å²) in [5.74, 6) is -1.21. The van der Waals surface area contributed by atoms with E-state index in [0.29, 0.717) is 12.1 Å². The first-order chi connectivity index (χ1) is 10.7. The molecular formula is C15H19FN2O4S. The van der Waals surface area contributed by atoms with E-state index in [2.05, 4.69) is 5.32 Å². The second kappa shape index (κ2) is 7.08. The lowest BCUT2D eigenvalue weighted by atomic mass is 10.0. The number of hydrogen-bond donors (Lipinski definition) is 1. The Morgan fingerprint density at radius 2 is 2.13 bits per heavy atom. The largest absolute Gasteiger partial charge is 0.336 e. The molecule has 1 heterocycles. The van der Waals surface area contributed by atoms with Crippen LogP contribution in [0.15, 0.2) is 24.3 Å². The van der Waals surface area contributed by atoms with Gasteiger partial charge >= 0.3 is 0 Å². The van der Waals surface area contributed by atoms with E-state index in [1.807, 2.05) is 0 Å². The van der Waals surface area contributed by atoms with Crippen molar-refractivity contribution in [2.45, 2.75) is 12.8 Å². The van der Waals surface area contributed by atoms with Crippen molar-refractivity contribution in [3.8, 4) is 0 Å². The molecule has 126 valence electrons. The average molecular weight is 342 g/mol. The molecule has 1 aromatic carbocycles. The van der Waals surface area contributed by atoms with Crippen molar-refractivity contribution in [1.29, 1.82) is 0 Å². The Labute approximate surface area is 134 Å². The molecule has 1 saturated heterocycles. The molecule has 1 fully saturated rings. The first-order valence-electron chi connectivity index (χ1n) is 7.25. The quantitative estimate of drug-likeness (QED) is 0.867. The summed E-state index contributed by atoms with van der Waals surface area (Å²) in [5.41, 5.74) is 0.317. The third-order valence-electron chi connectivity index (χ3n) is 3.70. The highest BCUT2D eigenvalue weighted by molar-refractivity contribution is 7.91. The molecule has 8 heteroatoms. The number of hydrogen-bond acceptors (Lipinski definition) is 4. The van der Waals surface area contributed by atoms with Gasteiger partial charge in [0.1, 0.15) is 5.82 Å². The molecule has 0 unspecified atom stereocenters. The standard InChI is InChI=1S/C15H19FN2O4S/c1-18(15(20)7-11-5-6-23(21,22)10-11)9-14(19)17-13-4-2-3-12(16)8-13/h2-4,8,11H,5-7,9-10H2,1H3,(H,17,19)/t11-/m0/s1. The predicted molar refractivity (Wildman–Crippen MR) is 84.0 cm³/mol. The van der Waals surface area contributed by atoms with Gasteiger partial charge in [0.15, 0.2) is 9.84 Å². The van der Waals surface area contributed by atoms with Gasteiger partial charge in [0, 0.05) is 19.2 Å². The Balaban J connectivity index is 1.82. The summed E-state index contributed by atoms with van der Waals surface area (Å²) < 4.78 is 35.8. The molecule has 6 nitrogen and oxygen atoms in total. The fraction of sp³-hybridized carbons (Fsp3) is 0.467. The lowest BCUT2D eigenvalue weighted by Gasteiger charge is -2.18. The number of halogens is 1. The number of nitrogens with zero attached hydrogens (tertiary/aromatic N) is 1. The number of carbonyl (C=O) groups excluding carboxylic acids is 2. The number of sulfone groups is 1. The third-order valence-corrected chi connectivity index (χ3v) is 5.54. The molecule has 1 N–H and O–H groups in total. The zero-order valence-corrected chi connectivity index (χ0v) is 13.6. The zero-order valence-electron chi connectivity index (χ0n) is 12.8. The van der Waals surface area contributed by atoms with Crippen molar-refractivity contribution in [1.82, 2.24) is 4.90 Å². The minimum Gasteiger partial charge on any atom is -0.336 e. The van der Waals surface area contributed by atoms with Crippen LogP contribution < -0.4 is 5.32 Å². The Morgan fingerprint density at radius 1 is 1.39 bits per heavy atom. The second-order valence-corrected chi connectivity index (χ2v) is 8.01. The van der Waals surface area contributed by atoms with Crippen molar-refractivity contribution < 1.29 is 22.4 Å². The summed E-state index contributed by atoms with van der Waals surface area (Å²) in [6.07, 6.45) is 0.598. The number of nitrogens with one attached hydrogen (secondary N) is 1. The summed E-state index contributed by atoms with van der Waals surface area (Å²) in [7, 11) is -1.54. The van der Waals surface area contributed by atoms with Crippen LogP contribution in [0.2, 0.25) is 0 Å². The molecule has 0 aromatic heterocycles. The first kappa shape index (κ1) is 17.4. The summed E-state index contributed by atoms with van der Waals surface area (Å²) in [4.78, 5) is 25.1. The predicted octanol–water partition coefficient (Wildman–Crippen LogP) is 1.05. The van der Waals surface area contributed by atoms with Gasteiger partial charge in [-0.1, -0.05) is 6.07 Å². The maximum Gasteiger partial charge on any atom is 0.243 e. The molecule has 1 atom stereocenters. The van der Waals surface area contributed by atoms with Gasteiger partial charge in [-0.15, -0.1) is 0 Å². The molecule has 0 spiro atoms. The highest BCUT2D eigenvalue weighted by Crippen LogP contribution is 2.22. The minimum absolute atomic E-state index is 0.0298. The highest BCUT2D eigenvalue weighted by atomic mass is 32.2. The smallest absolute Gasteiger partial charge is 0.243 e. The Morgan fingerprint density at radius 3 is 2.74 bits per heavy atom. The number of likely N-dealkylation sites (N-methyl/N-ethyl adjacent to an activating group) is 1. The van der Waals surface area contributed by atoms with E-state index in [4.69, 9.17) is 0 Å². The molecular weight excluding hydrogens is 323 g/mol. The molecule has 1 aliphatic rings. The van der Waals surface area contributed by atoms with Gasteiger partial charge in [0.2, 0.25) is 11.8 Å². The van der Waals surface area contributed by atoms with Gasteiger partial charge < -0.3 is 10.2 Å². The molecule has 23 heavy (non-hydrogen) atoms. The van der Waals surface area contributed by atoms with Gasteiger partial charge in [-0.25, -0.2) is 12.8 Å². The van der Waals surface area contributed by atoms with E-state index < -0.39 is 21.6 Å². The first-order valence-corrected chi connectivity index (χ1v) is 9.07. The molecule has 2 amide bonds. The Hall–Kier alpha value is -1.96. The maximum absolute atomic E-state index is 13.0. The van der Waals surface area contributed by atoms with Crippen LogP contribution in [-0.2, 0) is 19.4 Å². The molecule has 1 aromatic rings. The molecule has 0 saturated carbocycles. The van der Waals surface area contributed by atoms with Crippen LogP contribution in [-0.4, -0.2) is 50.2 Å². The van der Waals surface area contributed by atoms with Crippen LogP contribution in [0.25, 0.3) is 0 Å². The number of amides is 2. The van der Waals surface area contributed by atoms with Crippen LogP contribution in [0.5, 0.6) is 0 Å². The van der Waals surface area contributed by atoms with E-state index in [-0.39, 0.29) is 36.3 Å². The van der Waals surface area contributed by atoms with Crippen LogP contribution in [0.1, 0.15) is 12.8 Å². The van der Waals surface area contributed by atoms with Crippen LogP contribution in [0.3, 0.4) is 0 Å². The van der Waals surface area contributed by atoms with Crippen molar-refractivity contribution in [3.63, 3.8) is 0 Å². The van der Waals surface area contributed by atoms with Gasteiger partial charge in [-0.2, -0.15) is 0 Å². The maximum atomic E-state index is 13.0. The number of carbonyl (C=O) groups is 2. The van der Waals surface area contributed by atoms with Crippen molar-refractivity contribution in [2.24, 2.45) is 5.92 Å². The average Bonchev–Trinajstić information content (AvgIpc) is 2.77. The fourth-order valence-corrected chi connectivity index (χ4v) is 4.37. The van der Waals surface area contributed by atoms with Crippen LogP contribution in [0, 0.1) is 11.7 Å². The number of rotatable bonds is 5. The van der Waals surface area contributed by atoms with E-state index in [1.54, 1.807) is 6.07 Å². The highest BCUT2D eigenvalue weighted by Gasteiger charge is 2.30. The van der Waals surface area contributed by atoms with Crippen LogP contribution >= 0.6 is 0 Å². The molecule has 2 rings (SSSR count). The van der Waals surface area contributed by atoms with E-state index in [1.165, 1.54) is 30.1 Å². The zero-order chi connectivity index (χ0) is 17.0. The summed E-state index contributed by atoms with van der Waals surface area (Å²) in [6.45, 7) is -0.172. The number of anilines is 1. The second-order valence-electron chi connectivity index (χ2n) is 5.78. The monoisotopic (exact) mass is 342 g/mol. The summed E-state index contributed by atoms with van der Waals surface area (Å²) in [5, 5.41) is 2.51. The minimum atomic E-state index is -3.02. The Kier molecular flexibility index (Phi) is 5.35. The third kappa shape index (κ3) is 5.31. The molecule has 0 aliphatic carbocycles.